The number of aromatic nitrogens is 2. The lowest BCUT2D eigenvalue weighted by Gasteiger charge is -2.18. The molecule has 5 aromatic rings. The van der Waals surface area contributed by atoms with Crippen molar-refractivity contribution in [3.63, 3.8) is 0 Å². The lowest BCUT2D eigenvalue weighted by atomic mass is 9.91. The minimum atomic E-state index is 0.241. The highest BCUT2D eigenvalue weighted by atomic mass is 16.5. The molecule has 0 saturated carbocycles. The summed E-state index contributed by atoms with van der Waals surface area (Å²) in [6, 6.07) is 29.0. The van der Waals surface area contributed by atoms with Crippen LogP contribution in [0.4, 0.5) is 0 Å². The molecule has 0 fully saturated rings. The van der Waals surface area contributed by atoms with Crippen LogP contribution < -0.4 is 4.74 Å². The first-order chi connectivity index (χ1) is 18.7. The number of hydrogen-bond donors (Lipinski definition) is 0. The zero-order valence-electron chi connectivity index (χ0n) is 22.0. The van der Waals surface area contributed by atoms with Gasteiger partial charge in [0, 0.05) is 28.6 Å². The Morgan fingerprint density at radius 3 is 2.45 bits per heavy atom. The molecule has 0 saturated heterocycles. The van der Waals surface area contributed by atoms with Crippen molar-refractivity contribution < 1.29 is 9.47 Å². The Hall–Kier alpha value is -4.12. The van der Waals surface area contributed by atoms with Crippen molar-refractivity contribution in [3.8, 4) is 17.3 Å². The molecule has 6 rings (SSSR count). The van der Waals surface area contributed by atoms with E-state index in [1.165, 1.54) is 36.5 Å². The van der Waals surface area contributed by atoms with Gasteiger partial charge in [-0.25, -0.2) is 9.98 Å². The maximum Gasteiger partial charge on any atom is 0.216 e. The largest absolute Gasteiger partial charge is 0.475 e. The van der Waals surface area contributed by atoms with Crippen molar-refractivity contribution in [2.45, 2.75) is 45.6 Å². The molecule has 3 heterocycles. The molecule has 0 spiro atoms. The summed E-state index contributed by atoms with van der Waals surface area (Å²) in [7, 11) is 0. The first kappa shape index (κ1) is 24.2. The van der Waals surface area contributed by atoms with Crippen LogP contribution in [-0.4, -0.2) is 28.1 Å². The standard InChI is InChI=1S/C33H33N3O2/c1-3-10-23(11-4-2)29-22-37-33(35-29)24-12-9-13-25(20-24)38-26-17-18-28-27-14-5-6-15-30(27)36(31(28)21-26)32-16-7-8-19-34-32/h5-9,12-21,23,29H,3-4,10-11,22H2,1-2H3/t29-/m1/s1. The van der Waals surface area contributed by atoms with Crippen molar-refractivity contribution in [1.29, 1.82) is 0 Å². The van der Waals surface area contributed by atoms with E-state index in [1.54, 1.807) is 0 Å². The highest BCUT2D eigenvalue weighted by Crippen LogP contribution is 2.35. The van der Waals surface area contributed by atoms with Crippen LogP contribution in [-0.2, 0) is 4.74 Å². The molecule has 192 valence electrons. The zero-order chi connectivity index (χ0) is 25.9. The summed E-state index contributed by atoms with van der Waals surface area (Å²) in [5, 5.41) is 2.36. The number of hydrogen-bond acceptors (Lipinski definition) is 4. The van der Waals surface area contributed by atoms with Crippen LogP contribution in [0.1, 0.15) is 45.1 Å². The number of benzene rings is 3. The van der Waals surface area contributed by atoms with E-state index in [1.807, 2.05) is 54.7 Å². The first-order valence-electron chi connectivity index (χ1n) is 13.7. The molecule has 3 aromatic carbocycles. The first-order valence-corrected chi connectivity index (χ1v) is 13.7. The molecule has 0 N–H and O–H groups in total. The Balaban J connectivity index is 1.32. The maximum absolute atomic E-state index is 6.38. The van der Waals surface area contributed by atoms with Crippen LogP contribution in [0.15, 0.2) is 96.1 Å². The van der Waals surface area contributed by atoms with Gasteiger partial charge in [0.05, 0.1) is 17.1 Å². The van der Waals surface area contributed by atoms with Gasteiger partial charge in [-0.05, 0) is 67.3 Å². The van der Waals surface area contributed by atoms with E-state index in [9.17, 15) is 0 Å². The number of para-hydroxylation sites is 1. The summed E-state index contributed by atoms with van der Waals surface area (Å²) in [5.74, 6) is 3.72. The Morgan fingerprint density at radius 1 is 0.842 bits per heavy atom. The molecule has 0 unspecified atom stereocenters. The van der Waals surface area contributed by atoms with Crippen LogP contribution in [0.3, 0.4) is 0 Å². The van der Waals surface area contributed by atoms with Crippen molar-refractivity contribution in [2.24, 2.45) is 10.9 Å². The predicted molar refractivity (Wildman–Crippen MR) is 155 cm³/mol. The summed E-state index contributed by atoms with van der Waals surface area (Å²) in [6.07, 6.45) is 6.57. The number of ether oxygens (including phenoxy) is 2. The molecule has 1 atom stereocenters. The van der Waals surface area contributed by atoms with Crippen LogP contribution in [0.2, 0.25) is 0 Å². The fourth-order valence-corrected chi connectivity index (χ4v) is 5.63. The molecule has 1 aliphatic heterocycles. The van der Waals surface area contributed by atoms with Crippen LogP contribution in [0, 0.1) is 5.92 Å². The smallest absolute Gasteiger partial charge is 0.216 e. The normalized spacial score (nSPS) is 15.2. The Morgan fingerprint density at radius 2 is 1.63 bits per heavy atom. The van der Waals surface area contributed by atoms with Crippen molar-refractivity contribution in [1.82, 2.24) is 9.55 Å². The van der Waals surface area contributed by atoms with Gasteiger partial charge in [0.15, 0.2) is 0 Å². The quantitative estimate of drug-likeness (QED) is 0.203. The number of nitrogens with zero attached hydrogens (tertiary/aromatic N) is 3. The third-order valence-electron chi connectivity index (χ3n) is 7.38. The Bertz CT molecular complexity index is 1580. The zero-order valence-corrected chi connectivity index (χ0v) is 22.0. The molecule has 2 aromatic heterocycles. The number of rotatable bonds is 9. The van der Waals surface area contributed by atoms with E-state index in [4.69, 9.17) is 14.5 Å². The topological polar surface area (TPSA) is 48.6 Å². The molecule has 1 aliphatic rings. The van der Waals surface area contributed by atoms with E-state index in [-0.39, 0.29) is 6.04 Å². The molecular formula is C33H33N3O2. The highest BCUT2D eigenvalue weighted by Gasteiger charge is 2.27. The van der Waals surface area contributed by atoms with Crippen molar-refractivity contribution in [2.75, 3.05) is 6.61 Å². The van der Waals surface area contributed by atoms with Gasteiger partial charge in [0.1, 0.15) is 23.9 Å². The van der Waals surface area contributed by atoms with E-state index in [2.05, 4.69) is 59.8 Å². The Kier molecular flexibility index (Phi) is 6.82. The summed E-state index contributed by atoms with van der Waals surface area (Å²) < 4.78 is 14.6. The lowest BCUT2D eigenvalue weighted by Crippen LogP contribution is -2.19. The fraction of sp³-hybridized carbons (Fsp3) is 0.273. The lowest BCUT2D eigenvalue weighted by molar-refractivity contribution is 0.261. The van der Waals surface area contributed by atoms with Gasteiger partial charge in [-0.1, -0.05) is 57.0 Å². The highest BCUT2D eigenvalue weighted by molar-refractivity contribution is 6.09. The SMILES string of the molecule is CCCC(CCC)[C@H]1COC(c2cccc(Oc3ccc4c5ccccc5n(-c5ccccn5)c4c3)c2)=N1. The number of fused-ring (bicyclic) bond motifs is 3. The molecule has 0 bridgehead atoms. The van der Waals surface area contributed by atoms with Crippen LogP contribution in [0.5, 0.6) is 11.5 Å². The fourth-order valence-electron chi connectivity index (χ4n) is 5.63. The van der Waals surface area contributed by atoms with Gasteiger partial charge in [-0.15, -0.1) is 0 Å². The molecule has 5 nitrogen and oxygen atoms in total. The Labute approximate surface area is 223 Å². The molecular weight excluding hydrogens is 470 g/mol. The molecule has 5 heteroatoms. The van der Waals surface area contributed by atoms with Crippen molar-refractivity contribution >= 4 is 27.7 Å². The molecule has 0 amide bonds. The van der Waals surface area contributed by atoms with Crippen LogP contribution >= 0.6 is 0 Å². The number of aliphatic imine (C=N–C) groups is 1. The predicted octanol–water partition coefficient (Wildman–Crippen LogP) is 8.33. The molecule has 0 radical (unpaired) electrons. The second-order valence-electron chi connectivity index (χ2n) is 10.00. The third-order valence-corrected chi connectivity index (χ3v) is 7.38. The van der Waals surface area contributed by atoms with E-state index in [0.717, 1.165) is 39.8 Å². The summed E-state index contributed by atoms with van der Waals surface area (Å²) in [5.41, 5.74) is 3.14. The van der Waals surface area contributed by atoms with E-state index >= 15 is 0 Å². The average Bonchev–Trinajstić information content (AvgIpc) is 3.57. The van der Waals surface area contributed by atoms with Gasteiger partial charge in [-0.3, -0.25) is 4.57 Å². The number of pyridine rings is 1. The summed E-state index contributed by atoms with van der Waals surface area (Å²) in [4.78, 5) is 9.61. The van der Waals surface area contributed by atoms with Gasteiger partial charge in [0.25, 0.3) is 0 Å². The van der Waals surface area contributed by atoms with Gasteiger partial charge >= 0.3 is 0 Å². The molecule has 38 heavy (non-hydrogen) atoms. The minimum Gasteiger partial charge on any atom is -0.475 e. The van der Waals surface area contributed by atoms with Gasteiger partial charge < -0.3 is 9.47 Å². The molecule has 0 aliphatic carbocycles. The van der Waals surface area contributed by atoms with Gasteiger partial charge in [0.2, 0.25) is 5.90 Å². The summed E-state index contributed by atoms with van der Waals surface area (Å²) in [6.45, 7) is 5.16. The third kappa shape index (κ3) is 4.65. The van der Waals surface area contributed by atoms with Gasteiger partial charge in [-0.2, -0.15) is 0 Å². The second-order valence-corrected chi connectivity index (χ2v) is 10.00. The van der Waals surface area contributed by atoms with E-state index < -0.39 is 0 Å². The monoisotopic (exact) mass is 503 g/mol. The minimum absolute atomic E-state index is 0.241. The van der Waals surface area contributed by atoms with Crippen LogP contribution in [0.25, 0.3) is 27.6 Å². The van der Waals surface area contributed by atoms with E-state index in [0.29, 0.717) is 12.5 Å². The maximum atomic E-state index is 6.38. The summed E-state index contributed by atoms with van der Waals surface area (Å²) >= 11 is 0. The second kappa shape index (κ2) is 10.7. The van der Waals surface area contributed by atoms with Crippen molar-refractivity contribution in [3.05, 3.63) is 96.7 Å². The average molecular weight is 504 g/mol.